The number of thiazole rings is 1. The quantitative estimate of drug-likeness (QED) is 0.394. The highest BCUT2D eigenvalue weighted by Crippen LogP contribution is 2.43. The van der Waals surface area contributed by atoms with E-state index in [1.54, 1.807) is 13.2 Å². The van der Waals surface area contributed by atoms with Gasteiger partial charge < -0.3 is 9.84 Å². The summed E-state index contributed by atoms with van der Waals surface area (Å²) >= 11 is 4.69. The summed E-state index contributed by atoms with van der Waals surface area (Å²) in [6.45, 7) is 0. The van der Waals surface area contributed by atoms with Crippen LogP contribution >= 0.6 is 27.3 Å². The molecule has 0 radical (unpaired) electrons. The molecule has 0 bridgehead atoms. The van der Waals surface area contributed by atoms with Crippen LogP contribution in [0, 0.1) is 0 Å². The van der Waals surface area contributed by atoms with Gasteiger partial charge in [0.2, 0.25) is 11.0 Å². The maximum atomic E-state index is 12.8. The zero-order valence-corrected chi connectivity index (χ0v) is 21.5. The Morgan fingerprint density at radius 1 is 1.08 bits per heavy atom. The third kappa shape index (κ3) is 3.90. The fourth-order valence-electron chi connectivity index (χ4n) is 4.45. The van der Waals surface area contributed by atoms with Crippen molar-refractivity contribution in [2.24, 2.45) is 10.1 Å². The smallest absolute Gasteiger partial charge is 0.279 e. The van der Waals surface area contributed by atoms with E-state index in [1.165, 1.54) is 11.3 Å². The molecule has 1 aromatic heterocycles. The third-order valence-corrected chi connectivity index (χ3v) is 7.75. The van der Waals surface area contributed by atoms with Gasteiger partial charge in [-0.25, -0.2) is 10.0 Å². The number of hydrogen-bond acceptors (Lipinski definition) is 7. The van der Waals surface area contributed by atoms with Crippen molar-refractivity contribution in [3.05, 3.63) is 104 Å². The maximum absolute atomic E-state index is 12.8. The molecule has 2 aliphatic heterocycles. The molecule has 3 heterocycles. The SMILES string of the molecule is COc1ccc([C@@H]2CC(c3ccccc3)=NN2c2nc(O)c(C3=c4cc(Br)ccc4=NC3=O)s2)cc1. The molecule has 178 valence electrons. The molecule has 6 rings (SSSR count). The van der Waals surface area contributed by atoms with E-state index in [0.29, 0.717) is 32.6 Å². The van der Waals surface area contributed by atoms with E-state index in [1.807, 2.05) is 71.7 Å². The molecule has 1 amide bonds. The van der Waals surface area contributed by atoms with Crippen molar-refractivity contribution in [2.75, 3.05) is 12.1 Å². The van der Waals surface area contributed by atoms with E-state index < -0.39 is 5.91 Å². The number of amides is 1. The first kappa shape index (κ1) is 22.6. The van der Waals surface area contributed by atoms with Crippen LogP contribution in [0.25, 0.3) is 5.57 Å². The number of aromatic nitrogens is 1. The number of halogens is 1. The molecule has 2 aliphatic rings. The highest BCUT2D eigenvalue weighted by Gasteiger charge is 2.34. The van der Waals surface area contributed by atoms with Gasteiger partial charge in [0.25, 0.3) is 5.91 Å². The van der Waals surface area contributed by atoms with Crippen molar-refractivity contribution in [3.63, 3.8) is 0 Å². The minimum atomic E-state index is -0.393. The Bertz CT molecular complexity index is 1650. The molecule has 0 aliphatic carbocycles. The van der Waals surface area contributed by atoms with Gasteiger partial charge in [-0.3, -0.25) is 4.79 Å². The summed E-state index contributed by atoms with van der Waals surface area (Å²) in [5, 5.41) is 19.3. The molecule has 1 atom stereocenters. The van der Waals surface area contributed by atoms with E-state index in [-0.39, 0.29) is 11.9 Å². The van der Waals surface area contributed by atoms with Crippen LogP contribution in [0.5, 0.6) is 11.6 Å². The Balaban J connectivity index is 1.46. The van der Waals surface area contributed by atoms with Crippen LogP contribution in [-0.2, 0) is 4.79 Å². The van der Waals surface area contributed by atoms with Gasteiger partial charge in [0, 0.05) is 16.1 Å². The number of hydrogen-bond donors (Lipinski definition) is 1. The number of carbonyl (C=O) groups excluding carboxylic acids is 1. The van der Waals surface area contributed by atoms with Crippen molar-refractivity contribution in [1.82, 2.24) is 4.98 Å². The largest absolute Gasteiger partial charge is 0.497 e. The summed E-state index contributed by atoms with van der Waals surface area (Å²) in [6, 6.07) is 23.2. The predicted octanol–water partition coefficient (Wildman–Crippen LogP) is 4.33. The molecule has 7 nitrogen and oxygen atoms in total. The lowest BCUT2D eigenvalue weighted by Crippen LogP contribution is -2.22. The van der Waals surface area contributed by atoms with Crippen molar-refractivity contribution in [3.8, 4) is 11.6 Å². The number of aromatic hydroxyl groups is 1. The maximum Gasteiger partial charge on any atom is 0.279 e. The zero-order valence-electron chi connectivity index (χ0n) is 19.1. The number of hydrazone groups is 1. The van der Waals surface area contributed by atoms with Crippen LogP contribution < -0.4 is 20.3 Å². The minimum Gasteiger partial charge on any atom is -0.497 e. The number of carbonyl (C=O) groups is 1. The normalized spacial score (nSPS) is 16.7. The Hall–Kier alpha value is -3.82. The van der Waals surface area contributed by atoms with Gasteiger partial charge in [0.05, 0.1) is 29.8 Å². The second kappa shape index (κ2) is 9.00. The van der Waals surface area contributed by atoms with Crippen LogP contribution in [0.15, 0.2) is 87.4 Å². The number of nitrogens with zero attached hydrogens (tertiary/aromatic N) is 4. The lowest BCUT2D eigenvalue weighted by Gasteiger charge is -2.21. The van der Waals surface area contributed by atoms with Gasteiger partial charge in [0.15, 0.2) is 0 Å². The summed E-state index contributed by atoms with van der Waals surface area (Å²) in [6.07, 6.45) is 0.659. The first-order valence-corrected chi connectivity index (χ1v) is 12.8. The van der Waals surface area contributed by atoms with Crippen molar-refractivity contribution >= 4 is 49.6 Å². The minimum absolute atomic E-state index is 0.139. The van der Waals surface area contributed by atoms with Gasteiger partial charge in [0.1, 0.15) is 10.6 Å². The number of anilines is 1. The van der Waals surface area contributed by atoms with Crippen molar-refractivity contribution in [2.45, 2.75) is 12.5 Å². The van der Waals surface area contributed by atoms with E-state index >= 15 is 0 Å². The van der Waals surface area contributed by atoms with E-state index in [0.717, 1.165) is 27.1 Å². The molecule has 1 N–H and O–H groups in total. The first-order valence-electron chi connectivity index (χ1n) is 11.2. The zero-order chi connectivity index (χ0) is 24.8. The Morgan fingerprint density at radius 2 is 1.86 bits per heavy atom. The molecule has 0 unspecified atom stereocenters. The molecule has 0 spiro atoms. The van der Waals surface area contributed by atoms with E-state index in [9.17, 15) is 9.90 Å². The molecule has 36 heavy (non-hydrogen) atoms. The van der Waals surface area contributed by atoms with Gasteiger partial charge in [-0.1, -0.05) is 69.7 Å². The molecule has 0 saturated carbocycles. The van der Waals surface area contributed by atoms with Crippen LogP contribution in [0.3, 0.4) is 0 Å². The molecule has 3 aromatic carbocycles. The van der Waals surface area contributed by atoms with Gasteiger partial charge >= 0.3 is 0 Å². The number of rotatable bonds is 5. The highest BCUT2D eigenvalue weighted by atomic mass is 79.9. The number of methoxy groups -OCH3 is 1. The summed E-state index contributed by atoms with van der Waals surface area (Å²) < 4.78 is 6.15. The Kier molecular flexibility index (Phi) is 5.66. The van der Waals surface area contributed by atoms with Crippen LogP contribution in [0.1, 0.15) is 28.5 Å². The summed E-state index contributed by atoms with van der Waals surface area (Å²) in [4.78, 5) is 21.8. The van der Waals surface area contributed by atoms with Gasteiger partial charge in [-0.15, -0.1) is 0 Å². The standard InChI is InChI=1S/C27H19BrN4O3S/c1-35-18-10-7-16(8-11-18)22-14-21(15-5-3-2-4-6-15)31-32(22)27-30-26(34)24(36-27)23-19-13-17(28)9-12-20(19)29-25(23)33/h2-13,22,34H,14H2,1H3/t22-/m0/s1. The second-order valence-electron chi connectivity index (χ2n) is 8.35. The number of ether oxygens (including phenoxy) is 1. The average molecular weight is 559 g/mol. The fourth-order valence-corrected chi connectivity index (χ4v) is 5.82. The fraction of sp³-hybridized carbons (Fsp3) is 0.111. The molecule has 0 saturated heterocycles. The van der Waals surface area contributed by atoms with Crippen LogP contribution in [-0.4, -0.2) is 28.8 Å². The van der Waals surface area contributed by atoms with Crippen LogP contribution in [0.2, 0.25) is 0 Å². The molecular weight excluding hydrogens is 540 g/mol. The summed E-state index contributed by atoms with van der Waals surface area (Å²) in [7, 11) is 1.64. The molecular formula is C27H19BrN4O3S. The highest BCUT2D eigenvalue weighted by molar-refractivity contribution is 9.10. The third-order valence-electron chi connectivity index (χ3n) is 6.20. The van der Waals surface area contributed by atoms with Crippen molar-refractivity contribution < 1.29 is 14.6 Å². The van der Waals surface area contributed by atoms with Crippen molar-refractivity contribution in [1.29, 1.82) is 0 Å². The Labute approximate surface area is 218 Å². The predicted molar refractivity (Wildman–Crippen MR) is 142 cm³/mol. The lowest BCUT2D eigenvalue weighted by atomic mass is 9.98. The first-order chi connectivity index (χ1) is 17.5. The monoisotopic (exact) mass is 558 g/mol. The average Bonchev–Trinajstić information content (AvgIpc) is 3.59. The molecule has 0 fully saturated rings. The second-order valence-corrected chi connectivity index (χ2v) is 10.2. The topological polar surface area (TPSA) is 87.4 Å². The lowest BCUT2D eigenvalue weighted by molar-refractivity contribution is -0.112. The summed E-state index contributed by atoms with van der Waals surface area (Å²) in [5.74, 6) is 0.166. The number of benzene rings is 3. The molecule has 4 aromatic rings. The van der Waals surface area contributed by atoms with E-state index in [4.69, 9.17) is 9.84 Å². The van der Waals surface area contributed by atoms with E-state index in [2.05, 4.69) is 25.9 Å². The van der Waals surface area contributed by atoms with Crippen LogP contribution in [0.4, 0.5) is 5.13 Å². The summed E-state index contributed by atoms with van der Waals surface area (Å²) in [5.41, 5.74) is 3.33. The molecule has 9 heteroatoms. The van der Waals surface area contributed by atoms with Gasteiger partial charge in [-0.2, -0.15) is 10.1 Å². The Morgan fingerprint density at radius 3 is 2.61 bits per heavy atom. The van der Waals surface area contributed by atoms with Gasteiger partial charge in [-0.05, 0) is 41.5 Å². The number of fused-ring (bicyclic) bond motifs is 1.